The number of aromatic nitrogens is 3. The lowest BCUT2D eigenvalue weighted by Gasteiger charge is -2.11. The molecule has 2 aromatic heterocycles. The number of amides is 1. The standard InChI is InChI=1S/C19H20N4O3/c1-12-17-9-14(10-20-18(17)23-22-12)21-19(24)13-4-6-15(7-5-13)26-11-16-3-2-8-25-16/h4-7,9-10,16H,2-3,8,11H2,1H3,(H,21,24)(H,20,22,23). The molecule has 1 aliphatic rings. The second kappa shape index (κ2) is 7.13. The molecule has 0 aliphatic carbocycles. The average molecular weight is 352 g/mol. The highest BCUT2D eigenvalue weighted by Crippen LogP contribution is 2.20. The van der Waals surface area contributed by atoms with Crippen LogP contribution in [0.5, 0.6) is 5.75 Å². The molecule has 1 unspecified atom stereocenters. The molecule has 1 amide bonds. The molecule has 0 spiro atoms. The second-order valence-electron chi connectivity index (χ2n) is 6.37. The van der Waals surface area contributed by atoms with Gasteiger partial charge in [0.25, 0.3) is 5.91 Å². The smallest absolute Gasteiger partial charge is 0.255 e. The number of pyridine rings is 1. The van der Waals surface area contributed by atoms with Crippen LogP contribution in [-0.2, 0) is 4.74 Å². The van der Waals surface area contributed by atoms with E-state index in [2.05, 4.69) is 20.5 Å². The number of rotatable bonds is 5. The summed E-state index contributed by atoms with van der Waals surface area (Å²) in [7, 11) is 0. The topological polar surface area (TPSA) is 89.1 Å². The van der Waals surface area contributed by atoms with E-state index in [1.807, 2.05) is 13.0 Å². The number of ether oxygens (including phenoxy) is 2. The van der Waals surface area contributed by atoms with Gasteiger partial charge in [-0.3, -0.25) is 9.89 Å². The number of aromatic amines is 1. The van der Waals surface area contributed by atoms with Crippen molar-refractivity contribution >= 4 is 22.6 Å². The molecule has 3 heterocycles. The summed E-state index contributed by atoms with van der Waals surface area (Å²) in [6.45, 7) is 3.27. The van der Waals surface area contributed by atoms with E-state index in [9.17, 15) is 4.79 Å². The molecule has 1 fully saturated rings. The summed E-state index contributed by atoms with van der Waals surface area (Å²) in [6, 6.07) is 8.94. The fourth-order valence-electron chi connectivity index (χ4n) is 2.96. The third-order valence-corrected chi connectivity index (χ3v) is 4.43. The van der Waals surface area contributed by atoms with E-state index in [4.69, 9.17) is 9.47 Å². The minimum atomic E-state index is -0.196. The van der Waals surface area contributed by atoms with Crippen molar-refractivity contribution in [3.63, 3.8) is 0 Å². The molecule has 134 valence electrons. The number of nitrogens with zero attached hydrogens (tertiary/aromatic N) is 2. The van der Waals surface area contributed by atoms with Gasteiger partial charge in [0, 0.05) is 23.3 Å². The van der Waals surface area contributed by atoms with Crippen LogP contribution in [-0.4, -0.2) is 40.4 Å². The first-order valence-corrected chi connectivity index (χ1v) is 8.65. The zero-order chi connectivity index (χ0) is 17.9. The van der Waals surface area contributed by atoms with Gasteiger partial charge >= 0.3 is 0 Å². The molecular weight excluding hydrogens is 332 g/mol. The summed E-state index contributed by atoms with van der Waals surface area (Å²) in [5.74, 6) is 0.534. The summed E-state index contributed by atoms with van der Waals surface area (Å²) < 4.78 is 11.3. The molecule has 1 aromatic carbocycles. The van der Waals surface area contributed by atoms with Crippen molar-refractivity contribution in [3.05, 3.63) is 47.8 Å². The van der Waals surface area contributed by atoms with Gasteiger partial charge in [-0.25, -0.2) is 4.98 Å². The molecule has 1 aliphatic heterocycles. The van der Waals surface area contributed by atoms with Crippen LogP contribution in [0.25, 0.3) is 11.0 Å². The van der Waals surface area contributed by atoms with E-state index in [0.29, 0.717) is 23.5 Å². The van der Waals surface area contributed by atoms with Gasteiger partial charge in [-0.2, -0.15) is 5.10 Å². The van der Waals surface area contributed by atoms with Crippen LogP contribution in [0.15, 0.2) is 36.5 Å². The molecule has 4 rings (SSSR count). The molecule has 2 N–H and O–H groups in total. The van der Waals surface area contributed by atoms with Gasteiger partial charge in [0.1, 0.15) is 12.4 Å². The van der Waals surface area contributed by atoms with Gasteiger partial charge in [-0.05, 0) is 50.1 Å². The first-order chi connectivity index (χ1) is 12.7. The molecule has 1 atom stereocenters. The Balaban J connectivity index is 1.39. The third kappa shape index (κ3) is 3.52. The van der Waals surface area contributed by atoms with Crippen molar-refractivity contribution in [3.8, 4) is 5.75 Å². The van der Waals surface area contributed by atoms with Crippen molar-refractivity contribution < 1.29 is 14.3 Å². The van der Waals surface area contributed by atoms with Gasteiger partial charge in [-0.1, -0.05) is 0 Å². The number of hydrogen-bond acceptors (Lipinski definition) is 5. The molecular formula is C19H20N4O3. The molecule has 3 aromatic rings. The maximum Gasteiger partial charge on any atom is 0.255 e. The number of carbonyl (C=O) groups excluding carboxylic acids is 1. The van der Waals surface area contributed by atoms with E-state index >= 15 is 0 Å². The molecule has 26 heavy (non-hydrogen) atoms. The van der Waals surface area contributed by atoms with Gasteiger partial charge in [0.2, 0.25) is 0 Å². The van der Waals surface area contributed by atoms with E-state index in [1.165, 1.54) is 0 Å². The number of anilines is 1. The van der Waals surface area contributed by atoms with Gasteiger partial charge in [-0.15, -0.1) is 0 Å². The Hall–Kier alpha value is -2.93. The predicted molar refractivity (Wildman–Crippen MR) is 97.5 cm³/mol. The van der Waals surface area contributed by atoms with Crippen LogP contribution in [0.4, 0.5) is 5.69 Å². The molecule has 7 heteroatoms. The first kappa shape index (κ1) is 16.5. The fourth-order valence-corrected chi connectivity index (χ4v) is 2.96. The van der Waals surface area contributed by atoms with Crippen molar-refractivity contribution in [1.29, 1.82) is 0 Å². The Morgan fingerprint density at radius 2 is 2.23 bits per heavy atom. The van der Waals surface area contributed by atoms with Crippen molar-refractivity contribution in [2.75, 3.05) is 18.5 Å². The number of H-pyrrole nitrogens is 1. The number of carbonyl (C=O) groups is 1. The number of hydrogen-bond donors (Lipinski definition) is 2. The lowest BCUT2D eigenvalue weighted by molar-refractivity contribution is 0.0679. The van der Waals surface area contributed by atoms with E-state index in [1.54, 1.807) is 30.5 Å². The molecule has 0 saturated carbocycles. The summed E-state index contributed by atoms with van der Waals surface area (Å²) in [5, 5.41) is 10.7. The number of aryl methyl sites for hydroxylation is 1. The Labute approximate surface area is 150 Å². The Morgan fingerprint density at radius 1 is 1.38 bits per heavy atom. The summed E-state index contributed by atoms with van der Waals surface area (Å²) >= 11 is 0. The average Bonchev–Trinajstić information content (AvgIpc) is 3.31. The van der Waals surface area contributed by atoms with E-state index in [0.717, 1.165) is 36.3 Å². The fraction of sp³-hybridized carbons (Fsp3) is 0.316. The largest absolute Gasteiger partial charge is 0.491 e. The Morgan fingerprint density at radius 3 is 3.00 bits per heavy atom. The first-order valence-electron chi connectivity index (χ1n) is 8.65. The highest BCUT2D eigenvalue weighted by molar-refractivity contribution is 6.04. The Bertz CT molecular complexity index is 914. The van der Waals surface area contributed by atoms with Crippen molar-refractivity contribution in [1.82, 2.24) is 15.2 Å². The quantitative estimate of drug-likeness (QED) is 0.737. The van der Waals surface area contributed by atoms with Gasteiger partial charge in [0.05, 0.1) is 18.0 Å². The van der Waals surface area contributed by atoms with Crippen molar-refractivity contribution in [2.24, 2.45) is 0 Å². The Kier molecular flexibility index (Phi) is 4.53. The number of fused-ring (bicyclic) bond motifs is 1. The monoisotopic (exact) mass is 352 g/mol. The maximum atomic E-state index is 12.4. The minimum Gasteiger partial charge on any atom is -0.491 e. The van der Waals surface area contributed by atoms with Crippen LogP contribution in [0.1, 0.15) is 28.9 Å². The number of benzene rings is 1. The predicted octanol–water partition coefficient (Wildman–Crippen LogP) is 3.08. The minimum absolute atomic E-state index is 0.173. The molecule has 0 bridgehead atoms. The maximum absolute atomic E-state index is 12.4. The second-order valence-corrected chi connectivity index (χ2v) is 6.37. The van der Waals surface area contributed by atoms with Crippen molar-refractivity contribution in [2.45, 2.75) is 25.9 Å². The van der Waals surface area contributed by atoms with Crippen LogP contribution in [0.3, 0.4) is 0 Å². The van der Waals surface area contributed by atoms with Gasteiger partial charge in [0.15, 0.2) is 5.65 Å². The molecule has 0 radical (unpaired) electrons. The summed E-state index contributed by atoms with van der Waals surface area (Å²) in [4.78, 5) is 16.7. The SMILES string of the molecule is Cc1[nH]nc2ncc(NC(=O)c3ccc(OCC4CCCO4)cc3)cc12. The lowest BCUT2D eigenvalue weighted by atomic mass is 10.2. The van der Waals surface area contributed by atoms with Crippen LogP contribution in [0, 0.1) is 6.92 Å². The normalized spacial score (nSPS) is 16.7. The van der Waals surface area contributed by atoms with E-state index in [-0.39, 0.29) is 12.0 Å². The number of nitrogens with one attached hydrogen (secondary N) is 2. The third-order valence-electron chi connectivity index (χ3n) is 4.43. The van der Waals surface area contributed by atoms with Crippen LogP contribution >= 0.6 is 0 Å². The molecule has 7 nitrogen and oxygen atoms in total. The van der Waals surface area contributed by atoms with Crippen LogP contribution in [0.2, 0.25) is 0 Å². The highest BCUT2D eigenvalue weighted by Gasteiger charge is 2.16. The zero-order valence-corrected chi connectivity index (χ0v) is 14.5. The lowest BCUT2D eigenvalue weighted by Crippen LogP contribution is -2.16. The van der Waals surface area contributed by atoms with E-state index < -0.39 is 0 Å². The molecule has 1 saturated heterocycles. The zero-order valence-electron chi connectivity index (χ0n) is 14.5. The summed E-state index contributed by atoms with van der Waals surface area (Å²) in [5.41, 5.74) is 2.73. The van der Waals surface area contributed by atoms with Crippen LogP contribution < -0.4 is 10.1 Å². The highest BCUT2D eigenvalue weighted by atomic mass is 16.5. The van der Waals surface area contributed by atoms with Gasteiger partial charge < -0.3 is 14.8 Å². The summed E-state index contributed by atoms with van der Waals surface area (Å²) in [6.07, 6.45) is 3.90.